The minimum atomic E-state index is -0.808. The maximum absolute atomic E-state index is 12.6. The van der Waals surface area contributed by atoms with E-state index in [2.05, 4.69) is 86.6 Å². The standard InChI is InChI=1S/C34H44N2O2/c1-23(10-11-24(2)37)25(3)33-18-19-36(22-28-12-13-28)27(5)34(33,38)17-16-32(21-33)35-26(4)30-15-14-29-8-6-7-9-31(29)20-30/h6-11,14-15,20,27-28,32,35,37-38H,2,4,12-13,16-19,21-22H2,1,3,5H3/b11-10-,25-23+. The maximum Gasteiger partial charge on any atom is 0.108 e. The summed E-state index contributed by atoms with van der Waals surface area (Å²) in [5, 5.41) is 28.5. The van der Waals surface area contributed by atoms with Gasteiger partial charge in [-0.1, -0.05) is 66.8 Å². The van der Waals surface area contributed by atoms with E-state index in [1.807, 2.05) is 6.08 Å². The van der Waals surface area contributed by atoms with Crippen molar-refractivity contribution in [2.45, 2.75) is 77.0 Å². The van der Waals surface area contributed by atoms with Gasteiger partial charge in [0.1, 0.15) is 5.76 Å². The summed E-state index contributed by atoms with van der Waals surface area (Å²) in [7, 11) is 0. The largest absolute Gasteiger partial charge is 0.509 e. The second-order valence-corrected chi connectivity index (χ2v) is 12.1. The molecule has 1 aliphatic heterocycles. The van der Waals surface area contributed by atoms with Crippen LogP contribution in [0.3, 0.4) is 0 Å². The third-order valence-corrected chi connectivity index (χ3v) is 9.86. The average Bonchev–Trinajstić information content (AvgIpc) is 3.73. The number of aliphatic hydroxyl groups is 2. The van der Waals surface area contributed by atoms with E-state index in [1.165, 1.54) is 29.2 Å². The minimum absolute atomic E-state index is 0.0485. The van der Waals surface area contributed by atoms with Gasteiger partial charge >= 0.3 is 0 Å². The first kappa shape index (κ1) is 26.8. The summed E-state index contributed by atoms with van der Waals surface area (Å²) in [6, 6.07) is 15.2. The Labute approximate surface area is 228 Å². The number of piperidine rings is 1. The summed E-state index contributed by atoms with van der Waals surface area (Å²) >= 11 is 0. The van der Waals surface area contributed by atoms with Gasteiger partial charge in [0.2, 0.25) is 0 Å². The number of aliphatic hydroxyl groups excluding tert-OH is 1. The maximum atomic E-state index is 12.6. The quantitative estimate of drug-likeness (QED) is 0.260. The lowest BCUT2D eigenvalue weighted by Gasteiger charge is -2.62. The Kier molecular flexibility index (Phi) is 7.32. The molecule has 2 aliphatic carbocycles. The molecule has 0 amide bonds. The van der Waals surface area contributed by atoms with Crippen LogP contribution in [-0.4, -0.2) is 45.9 Å². The number of fused-ring (bicyclic) bond motifs is 2. The molecule has 0 aromatic heterocycles. The number of hydrogen-bond donors (Lipinski definition) is 3. The molecule has 0 spiro atoms. The van der Waals surface area contributed by atoms with Crippen molar-refractivity contribution in [1.29, 1.82) is 0 Å². The van der Waals surface area contributed by atoms with E-state index in [0.29, 0.717) is 0 Å². The highest BCUT2D eigenvalue weighted by atomic mass is 16.3. The summed E-state index contributed by atoms with van der Waals surface area (Å²) in [5.74, 6) is 0.848. The highest BCUT2D eigenvalue weighted by molar-refractivity contribution is 5.85. The molecule has 202 valence electrons. The molecule has 0 bridgehead atoms. The molecule has 38 heavy (non-hydrogen) atoms. The van der Waals surface area contributed by atoms with Gasteiger partial charge in [0.15, 0.2) is 0 Å². The lowest BCUT2D eigenvalue weighted by Crippen LogP contribution is -2.69. The fourth-order valence-corrected chi connectivity index (χ4v) is 7.19. The van der Waals surface area contributed by atoms with Crippen molar-refractivity contribution in [2.24, 2.45) is 11.3 Å². The molecular weight excluding hydrogens is 468 g/mol. The van der Waals surface area contributed by atoms with Crippen LogP contribution in [0.5, 0.6) is 0 Å². The second-order valence-electron chi connectivity index (χ2n) is 12.1. The van der Waals surface area contributed by atoms with Gasteiger partial charge in [-0.15, -0.1) is 0 Å². The van der Waals surface area contributed by atoms with E-state index in [1.54, 1.807) is 6.08 Å². The first-order valence-corrected chi connectivity index (χ1v) is 14.3. The van der Waals surface area contributed by atoms with Gasteiger partial charge in [0.25, 0.3) is 0 Å². The van der Waals surface area contributed by atoms with Crippen LogP contribution in [0, 0.1) is 11.3 Å². The van der Waals surface area contributed by atoms with Crippen LogP contribution >= 0.6 is 0 Å². The molecule has 4 atom stereocenters. The Morgan fingerprint density at radius 1 is 1.05 bits per heavy atom. The lowest BCUT2D eigenvalue weighted by molar-refractivity contribution is -0.178. The fourth-order valence-electron chi connectivity index (χ4n) is 7.19. The van der Waals surface area contributed by atoms with Crippen LogP contribution in [0.4, 0.5) is 0 Å². The number of nitrogens with zero attached hydrogens (tertiary/aromatic N) is 1. The zero-order valence-electron chi connectivity index (χ0n) is 23.3. The van der Waals surface area contributed by atoms with E-state index in [9.17, 15) is 10.2 Å². The summed E-state index contributed by atoms with van der Waals surface area (Å²) in [4.78, 5) is 2.55. The molecule has 3 N–H and O–H groups in total. The van der Waals surface area contributed by atoms with E-state index in [4.69, 9.17) is 0 Å². The Morgan fingerprint density at radius 3 is 2.50 bits per heavy atom. The Bertz CT molecular complexity index is 1290. The molecule has 1 saturated heterocycles. The first-order valence-electron chi connectivity index (χ1n) is 14.3. The Hall–Kier alpha value is -2.82. The molecule has 4 nitrogen and oxygen atoms in total. The Morgan fingerprint density at radius 2 is 1.79 bits per heavy atom. The molecule has 1 heterocycles. The molecule has 2 saturated carbocycles. The van der Waals surface area contributed by atoms with Crippen molar-refractivity contribution in [1.82, 2.24) is 10.2 Å². The average molecular weight is 513 g/mol. The van der Waals surface area contributed by atoms with Gasteiger partial charge < -0.3 is 15.5 Å². The number of allylic oxidation sites excluding steroid dienone is 3. The third-order valence-electron chi connectivity index (χ3n) is 9.86. The van der Waals surface area contributed by atoms with Crippen molar-refractivity contribution in [3.05, 3.63) is 90.2 Å². The second kappa shape index (κ2) is 10.4. The number of nitrogens with one attached hydrogen (secondary N) is 1. The monoisotopic (exact) mass is 512 g/mol. The van der Waals surface area contributed by atoms with Crippen LogP contribution in [0.25, 0.3) is 16.5 Å². The number of benzene rings is 2. The molecule has 3 fully saturated rings. The molecule has 4 heteroatoms. The zero-order chi connectivity index (χ0) is 27.1. The highest BCUT2D eigenvalue weighted by Crippen LogP contribution is 2.57. The molecule has 3 aliphatic rings. The van der Waals surface area contributed by atoms with Gasteiger partial charge in [-0.3, -0.25) is 4.90 Å². The van der Waals surface area contributed by atoms with Crippen LogP contribution in [0.2, 0.25) is 0 Å². The summed E-state index contributed by atoms with van der Waals surface area (Å²) in [6.07, 6.45) is 9.68. The van der Waals surface area contributed by atoms with Crippen molar-refractivity contribution in [2.75, 3.05) is 13.1 Å². The highest BCUT2D eigenvalue weighted by Gasteiger charge is 2.61. The number of hydrogen-bond acceptors (Lipinski definition) is 4. The normalized spacial score (nSPS) is 30.6. The van der Waals surface area contributed by atoms with Crippen molar-refractivity contribution < 1.29 is 10.2 Å². The lowest BCUT2D eigenvalue weighted by atomic mass is 9.52. The molecule has 4 unspecified atom stereocenters. The van der Waals surface area contributed by atoms with Gasteiger partial charge in [-0.2, -0.15) is 0 Å². The first-order chi connectivity index (χ1) is 18.1. The van der Waals surface area contributed by atoms with Crippen molar-refractivity contribution in [3.63, 3.8) is 0 Å². The van der Waals surface area contributed by atoms with E-state index in [0.717, 1.165) is 61.5 Å². The summed E-state index contributed by atoms with van der Waals surface area (Å²) in [6.45, 7) is 16.7. The molecule has 5 rings (SSSR count). The van der Waals surface area contributed by atoms with E-state index >= 15 is 0 Å². The van der Waals surface area contributed by atoms with Gasteiger partial charge in [-0.25, -0.2) is 0 Å². The smallest absolute Gasteiger partial charge is 0.108 e. The molecule has 0 radical (unpaired) electrons. The van der Waals surface area contributed by atoms with Crippen LogP contribution < -0.4 is 5.32 Å². The van der Waals surface area contributed by atoms with Crippen molar-refractivity contribution in [3.8, 4) is 0 Å². The minimum Gasteiger partial charge on any atom is -0.509 e. The van der Waals surface area contributed by atoms with Gasteiger partial charge in [-0.05, 0) is 100 Å². The Balaban J connectivity index is 1.44. The fraction of sp³-hybridized carbons (Fsp3) is 0.471. The predicted octanol–water partition coefficient (Wildman–Crippen LogP) is 7.14. The van der Waals surface area contributed by atoms with Crippen LogP contribution in [0.15, 0.2) is 84.7 Å². The SMILES string of the molecule is C=C(O)/C=C\C(C)=C(/C)C12CCN(CC3CC3)C(C)C1(O)CCC(NC(=C)c1ccc3ccccc3c1)C2. The topological polar surface area (TPSA) is 55.7 Å². The summed E-state index contributed by atoms with van der Waals surface area (Å²) < 4.78 is 0. The summed E-state index contributed by atoms with van der Waals surface area (Å²) in [5.41, 5.74) is 3.21. The van der Waals surface area contributed by atoms with E-state index < -0.39 is 5.60 Å². The van der Waals surface area contributed by atoms with Gasteiger partial charge in [0.05, 0.1) is 5.60 Å². The predicted molar refractivity (Wildman–Crippen MR) is 159 cm³/mol. The zero-order valence-corrected chi connectivity index (χ0v) is 23.3. The number of likely N-dealkylation sites (tertiary alicyclic amines) is 1. The van der Waals surface area contributed by atoms with Crippen molar-refractivity contribution >= 4 is 16.5 Å². The van der Waals surface area contributed by atoms with E-state index in [-0.39, 0.29) is 23.3 Å². The molecule has 2 aromatic rings. The van der Waals surface area contributed by atoms with Gasteiger partial charge in [0, 0.05) is 29.7 Å². The van der Waals surface area contributed by atoms with Crippen LogP contribution in [0.1, 0.15) is 64.9 Å². The third kappa shape index (κ3) is 4.97. The van der Waals surface area contributed by atoms with Crippen LogP contribution in [-0.2, 0) is 0 Å². The number of rotatable bonds is 8. The molecular formula is C34H44N2O2. The molecule has 2 aromatic carbocycles.